The Morgan fingerprint density at radius 1 is 1.15 bits per heavy atom. The predicted octanol–water partition coefficient (Wildman–Crippen LogP) is 5.95. The molecule has 4 aromatic rings. The van der Waals surface area contributed by atoms with E-state index in [0.29, 0.717) is 50.5 Å². The summed E-state index contributed by atoms with van der Waals surface area (Å²) in [5.74, 6) is -0.785. The molecule has 0 spiro atoms. The molecule has 14 nitrogen and oxygen atoms in total. The van der Waals surface area contributed by atoms with Crippen LogP contribution in [0.1, 0.15) is 82.9 Å². The van der Waals surface area contributed by atoms with Gasteiger partial charge in [0, 0.05) is 91.9 Å². The number of aromatic nitrogens is 3. The van der Waals surface area contributed by atoms with Crippen LogP contribution in [0.5, 0.6) is 0 Å². The minimum atomic E-state index is -1.10. The van der Waals surface area contributed by atoms with Crippen LogP contribution in [-0.4, -0.2) is 114 Å². The Bertz CT molecular complexity index is 2240. The summed E-state index contributed by atoms with van der Waals surface area (Å²) in [6.45, 7) is 16.3. The van der Waals surface area contributed by atoms with Crippen LogP contribution in [0.4, 0.5) is 0 Å². The van der Waals surface area contributed by atoms with E-state index in [4.69, 9.17) is 28.9 Å². The Morgan fingerprint density at radius 2 is 1.93 bits per heavy atom. The number of pyridine rings is 1. The van der Waals surface area contributed by atoms with Gasteiger partial charge in [-0.15, -0.1) is 11.3 Å². The van der Waals surface area contributed by atoms with Crippen molar-refractivity contribution < 1.29 is 33.3 Å². The van der Waals surface area contributed by atoms with Crippen LogP contribution in [0.15, 0.2) is 41.9 Å². The number of cyclic esters (lactones) is 1. The number of carbonyl (C=O) groups is 3. The van der Waals surface area contributed by atoms with E-state index in [1.807, 2.05) is 18.4 Å². The fourth-order valence-corrected chi connectivity index (χ4v) is 10.2. The molecule has 7 atom stereocenters. The number of nitrogens with zero attached hydrogens (tertiary/aromatic N) is 5. The second-order valence-corrected chi connectivity index (χ2v) is 19.0. The number of hydrazine groups is 1. The molecule has 1 aromatic carbocycles. The summed E-state index contributed by atoms with van der Waals surface area (Å²) in [6.07, 6.45) is 2.53. The fourth-order valence-electron chi connectivity index (χ4n) is 9.31. The maximum atomic E-state index is 14.8. The van der Waals surface area contributed by atoms with Crippen LogP contribution in [-0.2, 0) is 46.3 Å². The molecular formula is C46H61N7O7S. The monoisotopic (exact) mass is 855 g/mol. The first-order chi connectivity index (χ1) is 29.3. The van der Waals surface area contributed by atoms with Crippen molar-refractivity contribution in [1.29, 1.82) is 0 Å². The van der Waals surface area contributed by atoms with Crippen LogP contribution in [0.3, 0.4) is 0 Å². The molecule has 15 heteroatoms. The number of amides is 2. The summed E-state index contributed by atoms with van der Waals surface area (Å²) in [5, 5.41) is 8.28. The highest BCUT2D eigenvalue weighted by atomic mass is 32.1. The summed E-state index contributed by atoms with van der Waals surface area (Å²) in [5.41, 5.74) is 9.47. The Hall–Kier alpha value is -4.25. The number of hydrogen-bond donors (Lipinski definition) is 2. The number of fused-ring (bicyclic) bond motifs is 6. The van der Waals surface area contributed by atoms with Gasteiger partial charge in [0.1, 0.15) is 23.2 Å². The molecule has 6 bridgehead atoms. The molecule has 6 heterocycles. The van der Waals surface area contributed by atoms with Crippen molar-refractivity contribution in [1.82, 2.24) is 35.2 Å². The Kier molecular flexibility index (Phi) is 12.7. The van der Waals surface area contributed by atoms with Crippen molar-refractivity contribution in [2.75, 3.05) is 53.6 Å². The number of benzene rings is 1. The second-order valence-electron chi connectivity index (χ2n) is 18.1. The van der Waals surface area contributed by atoms with Crippen molar-refractivity contribution in [2.24, 2.45) is 23.2 Å². The molecule has 3 aliphatic heterocycles. The Balaban J connectivity index is 1.26. The van der Waals surface area contributed by atoms with Gasteiger partial charge < -0.3 is 28.8 Å². The molecule has 2 saturated heterocycles. The number of carbonyl (C=O) groups excluding carboxylic acids is 3. The van der Waals surface area contributed by atoms with Crippen molar-refractivity contribution in [2.45, 2.75) is 97.7 Å². The number of ether oxygens (including phenoxy) is 4. The van der Waals surface area contributed by atoms with Crippen LogP contribution in [0, 0.1) is 23.2 Å². The van der Waals surface area contributed by atoms with Crippen LogP contribution >= 0.6 is 11.3 Å². The molecule has 2 N–H and O–H groups in total. The largest absolute Gasteiger partial charge is 0.464 e. The third-order valence-electron chi connectivity index (χ3n) is 13.3. The maximum Gasteiger partial charge on any atom is 0.324 e. The second kappa shape index (κ2) is 17.9. The van der Waals surface area contributed by atoms with Gasteiger partial charge in [-0.1, -0.05) is 33.8 Å². The lowest BCUT2D eigenvalue weighted by Gasteiger charge is -2.39. The van der Waals surface area contributed by atoms with Gasteiger partial charge in [-0.25, -0.2) is 10.4 Å². The molecule has 328 valence electrons. The Labute approximate surface area is 362 Å². The van der Waals surface area contributed by atoms with Gasteiger partial charge in [-0.3, -0.25) is 29.3 Å². The molecule has 1 saturated carbocycles. The molecular weight excluding hydrogens is 795 g/mol. The molecule has 2 amide bonds. The van der Waals surface area contributed by atoms with E-state index in [1.54, 1.807) is 20.4 Å². The smallest absolute Gasteiger partial charge is 0.324 e. The number of esters is 1. The zero-order valence-electron chi connectivity index (χ0n) is 36.7. The summed E-state index contributed by atoms with van der Waals surface area (Å²) in [7, 11) is 3.42. The van der Waals surface area contributed by atoms with E-state index < -0.39 is 29.6 Å². The predicted molar refractivity (Wildman–Crippen MR) is 233 cm³/mol. The van der Waals surface area contributed by atoms with Crippen LogP contribution in [0.25, 0.3) is 33.4 Å². The number of thiazole rings is 1. The van der Waals surface area contributed by atoms with Crippen LogP contribution in [0.2, 0.25) is 0 Å². The minimum absolute atomic E-state index is 0.161. The zero-order valence-corrected chi connectivity index (χ0v) is 37.5. The van der Waals surface area contributed by atoms with E-state index in [1.165, 1.54) is 16.3 Å². The van der Waals surface area contributed by atoms with Crippen molar-refractivity contribution >= 4 is 40.0 Å². The molecule has 3 aromatic heterocycles. The molecule has 0 unspecified atom stereocenters. The van der Waals surface area contributed by atoms with Gasteiger partial charge in [0.25, 0.3) is 5.91 Å². The number of aryl methyl sites for hydroxylation is 1. The Morgan fingerprint density at radius 3 is 2.66 bits per heavy atom. The van der Waals surface area contributed by atoms with Gasteiger partial charge in [0.05, 0.1) is 42.5 Å². The fraction of sp³-hybridized carbons (Fsp3) is 0.587. The van der Waals surface area contributed by atoms with Gasteiger partial charge in [-0.05, 0) is 74.8 Å². The lowest BCUT2D eigenvalue weighted by Crippen LogP contribution is -2.61. The van der Waals surface area contributed by atoms with Crippen LogP contribution < -0.4 is 10.7 Å². The molecule has 4 aliphatic rings. The van der Waals surface area contributed by atoms with E-state index in [-0.39, 0.29) is 48.4 Å². The first-order valence-electron chi connectivity index (χ1n) is 21.8. The van der Waals surface area contributed by atoms with Gasteiger partial charge in [-0.2, -0.15) is 0 Å². The van der Waals surface area contributed by atoms with E-state index in [0.717, 1.165) is 57.8 Å². The minimum Gasteiger partial charge on any atom is -0.464 e. The SMILES string of the molecule is CCn1c(-c2cccnc2[C@H](C)OC)c2c3cc(ccc31)-c1csc(n1)[C@@H](OCCN1CC(OC)C1)[C@H](NC(=O)[C@H]1[C@H](C)[C@@H]1C)C(=O)N1CCC[C@H](N1)C(=O)OCC(C)(C)C2. The summed E-state index contributed by atoms with van der Waals surface area (Å²) < 4.78 is 26.5. The molecule has 8 rings (SSSR count). The number of methoxy groups -OCH3 is 2. The highest BCUT2D eigenvalue weighted by Gasteiger charge is 2.50. The summed E-state index contributed by atoms with van der Waals surface area (Å²) in [4.78, 5) is 55.0. The van der Waals surface area contributed by atoms with E-state index in [2.05, 4.69) is 79.1 Å². The first kappa shape index (κ1) is 43.4. The third kappa shape index (κ3) is 8.74. The number of nitrogens with one attached hydrogen (secondary N) is 2. The molecule has 3 fully saturated rings. The molecule has 61 heavy (non-hydrogen) atoms. The highest BCUT2D eigenvalue weighted by molar-refractivity contribution is 7.10. The summed E-state index contributed by atoms with van der Waals surface area (Å²) >= 11 is 1.42. The van der Waals surface area contributed by atoms with E-state index in [9.17, 15) is 14.4 Å². The standard InChI is InChI=1S/C46H61N7O7S/c1-9-52-36-15-14-29-20-32(36)33(40(52)31-12-10-16-47-38(31)28(4)57-7)21-46(5,6)25-60-45(56)34-13-11-17-53(50-34)44(55)39(49-42(54)37-26(2)27(37)3)41(43-48-35(29)24-61-43)59-19-18-51-22-30(23-51)58-8/h10,12,14-16,20,24,26-28,30,34,37,39,41,50H,9,11,13,17-19,21-23,25H2,1-8H3,(H,49,54)/t26-,27+,28-,34-,37+,39-,41-/m0/s1. The van der Waals surface area contributed by atoms with Crippen molar-refractivity contribution in [3.05, 3.63) is 58.2 Å². The summed E-state index contributed by atoms with van der Waals surface area (Å²) in [6, 6.07) is 8.68. The molecule has 1 aliphatic carbocycles. The molecule has 0 radical (unpaired) electrons. The van der Waals surface area contributed by atoms with Gasteiger partial charge >= 0.3 is 5.97 Å². The zero-order chi connectivity index (χ0) is 43.2. The average Bonchev–Trinajstić information content (AvgIpc) is 3.53. The number of hydrogen-bond acceptors (Lipinski definition) is 12. The lowest BCUT2D eigenvalue weighted by molar-refractivity contribution is -0.157. The number of rotatable bonds is 11. The topological polar surface area (TPSA) is 149 Å². The maximum absolute atomic E-state index is 14.8. The normalized spacial score (nSPS) is 26.4. The number of likely N-dealkylation sites (tertiary alicyclic amines) is 1. The lowest BCUT2D eigenvalue weighted by atomic mass is 9.84. The first-order valence-corrected chi connectivity index (χ1v) is 22.7. The van der Waals surface area contributed by atoms with Gasteiger partial charge in [0.15, 0.2) is 0 Å². The third-order valence-corrected chi connectivity index (χ3v) is 14.2. The van der Waals surface area contributed by atoms with Crippen molar-refractivity contribution in [3.63, 3.8) is 0 Å². The quantitative estimate of drug-likeness (QED) is 0.173. The van der Waals surface area contributed by atoms with Crippen molar-refractivity contribution in [3.8, 4) is 22.5 Å². The average molecular weight is 856 g/mol. The highest BCUT2D eigenvalue weighted by Crippen LogP contribution is 2.46. The van der Waals surface area contributed by atoms with Gasteiger partial charge in [0.2, 0.25) is 5.91 Å². The van der Waals surface area contributed by atoms with E-state index >= 15 is 0 Å².